The van der Waals surface area contributed by atoms with Crippen molar-refractivity contribution in [2.24, 2.45) is 11.8 Å². The molecule has 6 heteroatoms. The van der Waals surface area contributed by atoms with Gasteiger partial charge in [-0.15, -0.1) is 0 Å². The summed E-state index contributed by atoms with van der Waals surface area (Å²) >= 11 is 0. The highest BCUT2D eigenvalue weighted by Crippen LogP contribution is 2.30. The van der Waals surface area contributed by atoms with Gasteiger partial charge in [-0.05, 0) is 49.3 Å². The van der Waals surface area contributed by atoms with E-state index in [1.165, 1.54) is 0 Å². The number of piperidine rings is 1. The van der Waals surface area contributed by atoms with Gasteiger partial charge in [-0.2, -0.15) is 0 Å². The van der Waals surface area contributed by atoms with Crippen LogP contribution in [0.4, 0.5) is 10.5 Å². The van der Waals surface area contributed by atoms with Crippen molar-refractivity contribution in [1.82, 2.24) is 10.2 Å². The fourth-order valence-electron chi connectivity index (χ4n) is 3.58. The van der Waals surface area contributed by atoms with Crippen molar-refractivity contribution in [2.45, 2.75) is 19.3 Å². The lowest BCUT2D eigenvalue weighted by Gasteiger charge is -2.34. The van der Waals surface area contributed by atoms with Crippen LogP contribution in [0.1, 0.15) is 29.6 Å². The number of benzene rings is 1. The molecule has 6 nitrogen and oxygen atoms in total. The number of carbonyl (C=O) groups is 2. The summed E-state index contributed by atoms with van der Waals surface area (Å²) in [7, 11) is 1.59. The van der Waals surface area contributed by atoms with E-state index >= 15 is 0 Å². The van der Waals surface area contributed by atoms with Crippen molar-refractivity contribution in [3.8, 4) is 0 Å². The van der Waals surface area contributed by atoms with Gasteiger partial charge < -0.3 is 20.3 Å². The average molecular weight is 331 g/mol. The molecule has 0 radical (unpaired) electrons. The average Bonchev–Trinajstić information content (AvgIpc) is 3.16. The summed E-state index contributed by atoms with van der Waals surface area (Å²) in [4.78, 5) is 26.0. The van der Waals surface area contributed by atoms with Crippen molar-refractivity contribution in [3.05, 3.63) is 29.8 Å². The highest BCUT2D eigenvalue weighted by atomic mass is 16.5. The molecule has 3 amide bonds. The maximum absolute atomic E-state index is 12.4. The van der Waals surface area contributed by atoms with Crippen molar-refractivity contribution in [1.29, 1.82) is 0 Å². The monoisotopic (exact) mass is 331 g/mol. The first-order chi connectivity index (χ1) is 11.7. The molecule has 2 fully saturated rings. The molecule has 2 aliphatic rings. The van der Waals surface area contributed by atoms with Crippen molar-refractivity contribution in [2.75, 3.05) is 38.7 Å². The van der Waals surface area contributed by atoms with E-state index in [-0.39, 0.29) is 11.9 Å². The van der Waals surface area contributed by atoms with Crippen LogP contribution < -0.4 is 10.6 Å². The van der Waals surface area contributed by atoms with Gasteiger partial charge in [0.15, 0.2) is 0 Å². The molecule has 0 aromatic heterocycles. The van der Waals surface area contributed by atoms with E-state index in [9.17, 15) is 9.59 Å². The number of hydrogen-bond acceptors (Lipinski definition) is 3. The molecule has 1 unspecified atom stereocenters. The number of amides is 3. The van der Waals surface area contributed by atoms with Crippen LogP contribution in [-0.4, -0.2) is 50.2 Å². The summed E-state index contributed by atoms with van der Waals surface area (Å²) in [5.74, 6) is 1.18. The number of carbonyl (C=O) groups excluding carboxylic acids is 2. The highest BCUT2D eigenvalue weighted by molar-refractivity contribution is 5.96. The summed E-state index contributed by atoms with van der Waals surface area (Å²) in [5.41, 5.74) is 1.18. The Hall–Kier alpha value is -2.08. The number of urea groups is 1. The quantitative estimate of drug-likeness (QED) is 0.893. The third-order valence-electron chi connectivity index (χ3n) is 5.06. The molecule has 0 spiro atoms. The van der Waals surface area contributed by atoms with Crippen LogP contribution in [-0.2, 0) is 4.74 Å². The van der Waals surface area contributed by atoms with E-state index in [1.54, 1.807) is 31.3 Å². The van der Waals surface area contributed by atoms with Crippen LogP contribution in [0.5, 0.6) is 0 Å². The van der Waals surface area contributed by atoms with E-state index in [1.807, 2.05) is 4.90 Å². The molecule has 3 rings (SSSR count). The third kappa shape index (κ3) is 3.87. The molecule has 0 aliphatic carbocycles. The maximum atomic E-state index is 12.4. The minimum absolute atomic E-state index is 0.0924. The van der Waals surface area contributed by atoms with Gasteiger partial charge in [0, 0.05) is 44.6 Å². The predicted octanol–water partition coefficient (Wildman–Crippen LogP) is 2.33. The first-order valence-corrected chi connectivity index (χ1v) is 8.63. The van der Waals surface area contributed by atoms with Crippen LogP contribution in [0.2, 0.25) is 0 Å². The first-order valence-electron chi connectivity index (χ1n) is 8.63. The highest BCUT2D eigenvalue weighted by Gasteiger charge is 2.30. The SMILES string of the molecule is CNC(=O)c1cccc(NC(=O)N2CCC(C3CCOC3)CC2)c1. The molecule has 2 saturated heterocycles. The van der Waals surface area contributed by atoms with E-state index in [0.29, 0.717) is 23.1 Å². The van der Waals surface area contributed by atoms with E-state index < -0.39 is 0 Å². The minimum atomic E-state index is -0.161. The molecule has 1 aromatic carbocycles. The molecule has 0 saturated carbocycles. The molecule has 1 aromatic rings. The van der Waals surface area contributed by atoms with Gasteiger partial charge in [0.1, 0.15) is 0 Å². The number of likely N-dealkylation sites (tertiary alicyclic amines) is 1. The number of nitrogens with zero attached hydrogens (tertiary/aromatic N) is 1. The summed E-state index contributed by atoms with van der Waals surface area (Å²) in [6.45, 7) is 3.32. The number of ether oxygens (including phenoxy) is 1. The van der Waals surface area contributed by atoms with Crippen molar-refractivity contribution < 1.29 is 14.3 Å². The largest absolute Gasteiger partial charge is 0.381 e. The van der Waals surface area contributed by atoms with Crippen molar-refractivity contribution in [3.63, 3.8) is 0 Å². The van der Waals surface area contributed by atoms with Gasteiger partial charge >= 0.3 is 6.03 Å². The van der Waals surface area contributed by atoms with Crippen LogP contribution >= 0.6 is 0 Å². The van der Waals surface area contributed by atoms with Crippen molar-refractivity contribution >= 4 is 17.6 Å². The maximum Gasteiger partial charge on any atom is 0.321 e. The molecule has 0 bridgehead atoms. The Morgan fingerprint density at radius 3 is 2.62 bits per heavy atom. The van der Waals surface area contributed by atoms with Gasteiger partial charge in [0.05, 0.1) is 0 Å². The zero-order valence-corrected chi connectivity index (χ0v) is 14.1. The second-order valence-electron chi connectivity index (χ2n) is 6.54. The predicted molar refractivity (Wildman–Crippen MR) is 92.1 cm³/mol. The van der Waals surface area contributed by atoms with Gasteiger partial charge in [-0.3, -0.25) is 4.79 Å². The molecule has 2 heterocycles. The topological polar surface area (TPSA) is 70.7 Å². The Labute approximate surface area is 142 Å². The number of anilines is 1. The fourth-order valence-corrected chi connectivity index (χ4v) is 3.58. The molecular weight excluding hydrogens is 306 g/mol. The van der Waals surface area contributed by atoms with Gasteiger partial charge in [0.2, 0.25) is 0 Å². The molecule has 2 aliphatic heterocycles. The Bertz CT molecular complexity index is 591. The Morgan fingerprint density at radius 1 is 1.17 bits per heavy atom. The summed E-state index contributed by atoms with van der Waals surface area (Å²) < 4.78 is 5.48. The normalized spacial score (nSPS) is 21.5. The Morgan fingerprint density at radius 2 is 1.96 bits per heavy atom. The van der Waals surface area contributed by atoms with Gasteiger partial charge in [-0.1, -0.05) is 6.07 Å². The summed E-state index contributed by atoms with van der Waals surface area (Å²) in [6.07, 6.45) is 3.24. The van der Waals surface area contributed by atoms with Crippen LogP contribution in [0.25, 0.3) is 0 Å². The lowest BCUT2D eigenvalue weighted by atomic mass is 9.84. The Kier molecular flexibility index (Phi) is 5.35. The van der Waals surface area contributed by atoms with Gasteiger partial charge in [0.25, 0.3) is 5.91 Å². The second kappa shape index (κ2) is 7.66. The van der Waals surface area contributed by atoms with E-state index in [2.05, 4.69) is 10.6 Å². The standard InChI is InChI=1S/C18H25N3O3/c1-19-17(22)14-3-2-4-16(11-14)20-18(23)21-8-5-13(6-9-21)15-7-10-24-12-15/h2-4,11,13,15H,5-10,12H2,1H3,(H,19,22)(H,20,23). The summed E-state index contributed by atoms with van der Waals surface area (Å²) in [5, 5.41) is 5.48. The first kappa shape index (κ1) is 16.8. The smallest absolute Gasteiger partial charge is 0.321 e. The zero-order chi connectivity index (χ0) is 16.9. The summed E-state index contributed by atoms with van der Waals surface area (Å²) in [6, 6.07) is 6.90. The second-order valence-corrected chi connectivity index (χ2v) is 6.54. The number of rotatable bonds is 3. The third-order valence-corrected chi connectivity index (χ3v) is 5.06. The number of hydrogen-bond donors (Lipinski definition) is 2. The minimum Gasteiger partial charge on any atom is -0.381 e. The van der Waals surface area contributed by atoms with Crippen LogP contribution in [0.15, 0.2) is 24.3 Å². The molecule has 2 N–H and O–H groups in total. The van der Waals surface area contributed by atoms with Crippen LogP contribution in [0.3, 0.4) is 0 Å². The molecule has 1 atom stereocenters. The number of nitrogens with one attached hydrogen (secondary N) is 2. The van der Waals surface area contributed by atoms with Crippen LogP contribution in [0, 0.1) is 11.8 Å². The lowest BCUT2D eigenvalue weighted by molar-refractivity contribution is 0.0963. The lowest BCUT2D eigenvalue weighted by Crippen LogP contribution is -2.42. The Balaban J connectivity index is 1.53. The van der Waals surface area contributed by atoms with E-state index in [4.69, 9.17) is 4.74 Å². The van der Waals surface area contributed by atoms with Gasteiger partial charge in [-0.25, -0.2) is 4.79 Å². The molecule has 130 valence electrons. The van der Waals surface area contributed by atoms with E-state index in [0.717, 1.165) is 45.6 Å². The fraction of sp³-hybridized carbons (Fsp3) is 0.556. The molecule has 24 heavy (non-hydrogen) atoms. The molecular formula is C18H25N3O3. The zero-order valence-electron chi connectivity index (χ0n) is 14.1.